The highest BCUT2D eigenvalue weighted by Gasteiger charge is 2.07. The minimum atomic E-state index is 0.0390. The lowest BCUT2D eigenvalue weighted by Crippen LogP contribution is -2.08. The van der Waals surface area contributed by atoms with Crippen LogP contribution in [-0.4, -0.2) is 28.2 Å². The molecule has 0 saturated carbocycles. The van der Waals surface area contributed by atoms with Crippen LogP contribution in [0.1, 0.15) is 0 Å². The highest BCUT2D eigenvalue weighted by molar-refractivity contribution is 7.18. The Bertz CT molecular complexity index is 837. The summed E-state index contributed by atoms with van der Waals surface area (Å²) in [5.41, 5.74) is 4.47. The molecule has 3 nitrogen and oxygen atoms in total. The van der Waals surface area contributed by atoms with Gasteiger partial charge in [-0.25, -0.2) is 0 Å². The predicted octanol–water partition coefficient (Wildman–Crippen LogP) is 4.57. The molecule has 0 aliphatic heterocycles. The van der Waals surface area contributed by atoms with Crippen molar-refractivity contribution in [1.82, 2.24) is 0 Å². The summed E-state index contributed by atoms with van der Waals surface area (Å²) in [4.78, 5) is 18.3. The molecular formula is C21H22N2OS. The fourth-order valence-electron chi connectivity index (χ4n) is 2.61. The number of rotatable bonds is 4. The van der Waals surface area contributed by atoms with Gasteiger partial charge in [-0.05, 0) is 35.4 Å². The van der Waals surface area contributed by atoms with E-state index >= 15 is 0 Å². The Labute approximate surface area is 152 Å². The highest BCUT2D eigenvalue weighted by atomic mass is 32.1. The molecule has 3 aromatic rings. The van der Waals surface area contributed by atoms with Crippen molar-refractivity contribution in [2.75, 3.05) is 38.0 Å². The molecule has 0 N–H and O–H groups in total. The molecule has 4 heteroatoms. The van der Waals surface area contributed by atoms with Crippen LogP contribution in [-0.2, 0) is 0 Å². The topological polar surface area (TPSA) is 23.6 Å². The molecule has 0 aliphatic carbocycles. The lowest BCUT2D eigenvalue weighted by atomic mass is 10.1. The minimum Gasteiger partial charge on any atom is -0.378 e. The lowest BCUT2D eigenvalue weighted by Gasteiger charge is -2.13. The van der Waals surface area contributed by atoms with Gasteiger partial charge < -0.3 is 9.80 Å². The van der Waals surface area contributed by atoms with E-state index in [1.807, 2.05) is 28.2 Å². The maximum absolute atomic E-state index is 12.2. The van der Waals surface area contributed by atoms with Gasteiger partial charge in [0.2, 0.25) is 0 Å². The van der Waals surface area contributed by atoms with Gasteiger partial charge >= 0.3 is 0 Å². The van der Waals surface area contributed by atoms with Crippen molar-refractivity contribution in [2.45, 2.75) is 0 Å². The second-order valence-corrected chi connectivity index (χ2v) is 7.49. The van der Waals surface area contributed by atoms with E-state index in [0.717, 1.165) is 32.3 Å². The zero-order chi connectivity index (χ0) is 18.0. The van der Waals surface area contributed by atoms with Crippen molar-refractivity contribution in [3.63, 3.8) is 0 Å². The summed E-state index contributed by atoms with van der Waals surface area (Å²) in [6, 6.07) is 20.0. The summed E-state index contributed by atoms with van der Waals surface area (Å²) in [7, 11) is 8.08. The Hall–Kier alpha value is -2.59. The summed E-state index contributed by atoms with van der Waals surface area (Å²) in [6.07, 6.45) is 0. The van der Waals surface area contributed by atoms with E-state index in [9.17, 15) is 4.79 Å². The van der Waals surface area contributed by atoms with E-state index < -0.39 is 0 Å². The van der Waals surface area contributed by atoms with Gasteiger partial charge in [-0.2, -0.15) is 0 Å². The molecule has 0 unspecified atom stereocenters. The molecule has 0 aliphatic rings. The van der Waals surface area contributed by atoms with Gasteiger partial charge in [0.15, 0.2) is 5.43 Å². The maximum atomic E-state index is 12.2. The number of anilines is 2. The van der Waals surface area contributed by atoms with Crippen LogP contribution in [0.4, 0.5) is 11.4 Å². The fraction of sp³-hybridized carbons (Fsp3) is 0.190. The van der Waals surface area contributed by atoms with Crippen LogP contribution in [0.5, 0.6) is 0 Å². The first kappa shape index (κ1) is 17.2. The number of nitrogens with zero attached hydrogens (tertiary/aromatic N) is 2. The highest BCUT2D eigenvalue weighted by Crippen LogP contribution is 2.32. The molecule has 3 rings (SSSR count). The summed E-state index contributed by atoms with van der Waals surface area (Å²) < 4.78 is 0. The average Bonchev–Trinajstić information content (AvgIpc) is 2.61. The van der Waals surface area contributed by atoms with Crippen molar-refractivity contribution in [1.29, 1.82) is 0 Å². The van der Waals surface area contributed by atoms with Crippen LogP contribution >= 0.6 is 11.3 Å². The van der Waals surface area contributed by atoms with Crippen molar-refractivity contribution in [3.05, 3.63) is 70.9 Å². The minimum absolute atomic E-state index is 0.0390. The lowest BCUT2D eigenvalue weighted by molar-refractivity contribution is 1.13. The third-order valence-corrected chi connectivity index (χ3v) is 5.25. The van der Waals surface area contributed by atoms with Crippen LogP contribution in [0.15, 0.2) is 65.5 Å². The van der Waals surface area contributed by atoms with Crippen LogP contribution < -0.4 is 15.2 Å². The molecule has 25 heavy (non-hydrogen) atoms. The van der Waals surface area contributed by atoms with Crippen molar-refractivity contribution in [3.8, 4) is 20.9 Å². The third-order valence-electron chi connectivity index (χ3n) is 4.10. The van der Waals surface area contributed by atoms with Crippen LogP contribution in [0, 0.1) is 0 Å². The molecule has 0 spiro atoms. The standard InChI is InChI=1S/C21H22N2OS/c1-22(2)17-9-5-15(6-10-17)20-13-19(24)14-21(25-20)16-7-11-18(12-8-16)23(3)4/h5-14H,1-4H3. The SMILES string of the molecule is CN(C)c1ccc(-c2cc(=O)cc(-c3ccc(N(C)C)cc3)s2)cc1. The van der Waals surface area contributed by atoms with E-state index in [2.05, 4.69) is 58.3 Å². The van der Waals surface area contributed by atoms with E-state index in [1.165, 1.54) is 0 Å². The molecule has 0 saturated heterocycles. The normalized spacial score (nSPS) is 10.6. The smallest absolute Gasteiger partial charge is 0.181 e. The number of benzene rings is 2. The maximum Gasteiger partial charge on any atom is 0.181 e. The Morgan fingerprint density at radius 2 is 1.00 bits per heavy atom. The Morgan fingerprint density at radius 1 is 0.640 bits per heavy atom. The van der Waals surface area contributed by atoms with Gasteiger partial charge in [-0.1, -0.05) is 24.3 Å². The largest absolute Gasteiger partial charge is 0.378 e. The number of hydrogen-bond donors (Lipinski definition) is 0. The van der Waals surface area contributed by atoms with Gasteiger partial charge in [-0.3, -0.25) is 4.79 Å². The summed E-state index contributed by atoms with van der Waals surface area (Å²) in [6.45, 7) is 0. The third kappa shape index (κ3) is 3.91. The van der Waals surface area contributed by atoms with E-state index in [0.29, 0.717) is 0 Å². The zero-order valence-electron chi connectivity index (χ0n) is 15.0. The quantitative estimate of drug-likeness (QED) is 0.688. The first-order valence-corrected chi connectivity index (χ1v) is 8.96. The van der Waals surface area contributed by atoms with Crippen molar-refractivity contribution >= 4 is 22.7 Å². The summed E-state index contributed by atoms with van der Waals surface area (Å²) in [5, 5.41) is 0. The van der Waals surface area contributed by atoms with Gasteiger partial charge in [0.05, 0.1) is 0 Å². The van der Waals surface area contributed by atoms with Crippen molar-refractivity contribution in [2.24, 2.45) is 0 Å². The van der Waals surface area contributed by atoms with E-state index in [-0.39, 0.29) is 5.43 Å². The Kier molecular flexibility index (Phi) is 4.91. The first-order valence-electron chi connectivity index (χ1n) is 8.15. The molecule has 0 amide bonds. The monoisotopic (exact) mass is 350 g/mol. The van der Waals surface area contributed by atoms with Crippen LogP contribution in [0.25, 0.3) is 20.9 Å². The molecule has 0 atom stereocenters. The van der Waals surface area contributed by atoms with Gasteiger partial charge in [-0.15, -0.1) is 11.3 Å². The summed E-state index contributed by atoms with van der Waals surface area (Å²) >= 11 is 1.64. The Balaban J connectivity index is 1.99. The van der Waals surface area contributed by atoms with E-state index in [4.69, 9.17) is 0 Å². The molecular weight excluding hydrogens is 328 g/mol. The molecule has 1 aromatic heterocycles. The zero-order valence-corrected chi connectivity index (χ0v) is 15.8. The molecule has 128 valence electrons. The van der Waals surface area contributed by atoms with E-state index in [1.54, 1.807) is 23.5 Å². The van der Waals surface area contributed by atoms with Crippen LogP contribution in [0.3, 0.4) is 0 Å². The second kappa shape index (κ2) is 7.11. The summed E-state index contributed by atoms with van der Waals surface area (Å²) in [5.74, 6) is 0. The molecule has 0 bridgehead atoms. The molecule has 2 aromatic carbocycles. The average molecular weight is 350 g/mol. The van der Waals surface area contributed by atoms with Crippen molar-refractivity contribution < 1.29 is 0 Å². The molecule has 0 radical (unpaired) electrons. The fourth-order valence-corrected chi connectivity index (χ4v) is 3.70. The predicted molar refractivity (Wildman–Crippen MR) is 110 cm³/mol. The Morgan fingerprint density at radius 3 is 1.32 bits per heavy atom. The number of hydrogen-bond acceptors (Lipinski definition) is 4. The molecule has 0 fully saturated rings. The van der Waals surface area contributed by atoms with Gasteiger partial charge in [0, 0.05) is 61.5 Å². The van der Waals surface area contributed by atoms with Gasteiger partial charge in [0.1, 0.15) is 0 Å². The van der Waals surface area contributed by atoms with Crippen LogP contribution in [0.2, 0.25) is 0 Å². The van der Waals surface area contributed by atoms with Gasteiger partial charge in [0.25, 0.3) is 0 Å². The first-order chi connectivity index (χ1) is 11.9. The molecule has 1 heterocycles. The second-order valence-electron chi connectivity index (χ2n) is 6.40.